The largest absolute Gasteiger partial charge is 0.453 e. The number of anilines is 2. The molecular formula is C22H16Cl3FN4O2. The van der Waals surface area contributed by atoms with E-state index in [-0.39, 0.29) is 39.3 Å². The van der Waals surface area contributed by atoms with Gasteiger partial charge in [-0.25, -0.2) is 4.39 Å². The molecule has 164 valence electrons. The predicted octanol–water partition coefficient (Wildman–Crippen LogP) is 6.15. The molecule has 0 aliphatic heterocycles. The van der Waals surface area contributed by atoms with Crippen molar-refractivity contribution < 1.29 is 13.9 Å². The standard InChI is InChI=1S/C22H16Cl3FN4O2/c23-11-5-13(28)7-14(6-11)32-21-16(24)3-1-10(19(21)26)9-29-22(31)20-18(25)15-8-12(27)2-4-17(15)30-20/h1-8,30H,9,27-28H2,(H,29,31). The summed E-state index contributed by atoms with van der Waals surface area (Å²) in [5, 5.41) is 3.86. The van der Waals surface area contributed by atoms with Crippen molar-refractivity contribution in [1.82, 2.24) is 10.3 Å². The Balaban J connectivity index is 1.55. The summed E-state index contributed by atoms with van der Waals surface area (Å²) in [7, 11) is 0. The number of carbonyl (C=O) groups excluding carboxylic acids is 1. The summed E-state index contributed by atoms with van der Waals surface area (Å²) >= 11 is 18.4. The fraction of sp³-hybridized carbons (Fsp3) is 0.0455. The number of halogens is 4. The number of rotatable bonds is 5. The lowest BCUT2D eigenvalue weighted by Gasteiger charge is -2.13. The second-order valence-corrected chi connectivity index (χ2v) is 8.20. The lowest BCUT2D eigenvalue weighted by atomic mass is 10.2. The molecule has 32 heavy (non-hydrogen) atoms. The van der Waals surface area contributed by atoms with Crippen LogP contribution in [0.15, 0.2) is 48.5 Å². The van der Waals surface area contributed by atoms with Crippen molar-refractivity contribution in [3.05, 3.63) is 80.7 Å². The molecule has 3 aromatic carbocycles. The van der Waals surface area contributed by atoms with Gasteiger partial charge in [-0.3, -0.25) is 4.79 Å². The molecule has 4 aromatic rings. The Bertz CT molecular complexity index is 1340. The van der Waals surface area contributed by atoms with Gasteiger partial charge in [-0.15, -0.1) is 0 Å². The van der Waals surface area contributed by atoms with Crippen LogP contribution in [0.1, 0.15) is 16.1 Å². The minimum atomic E-state index is -0.730. The number of aromatic nitrogens is 1. The minimum Gasteiger partial charge on any atom is -0.453 e. The third kappa shape index (κ3) is 4.41. The van der Waals surface area contributed by atoms with Crippen LogP contribution in [0.2, 0.25) is 15.1 Å². The molecule has 0 spiro atoms. The van der Waals surface area contributed by atoms with E-state index in [1.165, 1.54) is 30.3 Å². The first-order valence-corrected chi connectivity index (χ1v) is 10.4. The Hall–Kier alpha value is -3.13. The molecule has 4 rings (SSSR count). The quantitative estimate of drug-likeness (QED) is 0.250. The molecule has 1 amide bonds. The smallest absolute Gasteiger partial charge is 0.269 e. The summed E-state index contributed by atoms with van der Waals surface area (Å²) in [6.07, 6.45) is 0. The lowest BCUT2D eigenvalue weighted by Crippen LogP contribution is -2.24. The monoisotopic (exact) mass is 492 g/mol. The van der Waals surface area contributed by atoms with E-state index >= 15 is 4.39 Å². The summed E-state index contributed by atoms with van der Waals surface area (Å²) in [5.41, 5.74) is 13.3. The fourth-order valence-electron chi connectivity index (χ4n) is 3.16. The van der Waals surface area contributed by atoms with Gasteiger partial charge in [0, 0.05) is 45.5 Å². The molecule has 1 aromatic heterocycles. The van der Waals surface area contributed by atoms with Crippen molar-refractivity contribution in [1.29, 1.82) is 0 Å². The van der Waals surface area contributed by atoms with Gasteiger partial charge in [0.25, 0.3) is 5.91 Å². The van der Waals surface area contributed by atoms with Gasteiger partial charge in [0.15, 0.2) is 11.6 Å². The number of H-pyrrole nitrogens is 1. The second-order valence-electron chi connectivity index (χ2n) is 6.97. The average molecular weight is 494 g/mol. The van der Waals surface area contributed by atoms with Gasteiger partial charge in [0.05, 0.1) is 10.0 Å². The Kier molecular flexibility index (Phi) is 6.06. The molecule has 0 aliphatic carbocycles. The summed E-state index contributed by atoms with van der Waals surface area (Å²) in [6.45, 7) is -0.135. The van der Waals surface area contributed by atoms with Gasteiger partial charge in [-0.1, -0.05) is 40.9 Å². The molecule has 0 fully saturated rings. The first-order chi connectivity index (χ1) is 15.2. The van der Waals surface area contributed by atoms with Crippen molar-refractivity contribution in [3.8, 4) is 11.5 Å². The highest BCUT2D eigenvalue weighted by atomic mass is 35.5. The number of fused-ring (bicyclic) bond motifs is 1. The van der Waals surface area contributed by atoms with Gasteiger partial charge in [-0.2, -0.15) is 0 Å². The Morgan fingerprint density at radius 1 is 1.03 bits per heavy atom. The van der Waals surface area contributed by atoms with E-state index in [4.69, 9.17) is 51.0 Å². The summed E-state index contributed by atoms with van der Waals surface area (Å²) in [5.74, 6) is -1.23. The van der Waals surface area contributed by atoms with Gasteiger partial charge < -0.3 is 26.5 Å². The molecule has 0 bridgehead atoms. The molecule has 0 saturated carbocycles. The number of nitrogen functional groups attached to an aromatic ring is 2. The van der Waals surface area contributed by atoms with E-state index in [9.17, 15) is 4.79 Å². The van der Waals surface area contributed by atoms with Crippen molar-refractivity contribution in [2.75, 3.05) is 11.5 Å². The van der Waals surface area contributed by atoms with Crippen LogP contribution < -0.4 is 21.5 Å². The van der Waals surface area contributed by atoms with Gasteiger partial charge in [-0.05, 0) is 36.4 Å². The Labute approximate surface area is 197 Å². The molecule has 10 heteroatoms. The number of benzene rings is 3. The van der Waals surface area contributed by atoms with E-state index in [2.05, 4.69) is 10.3 Å². The van der Waals surface area contributed by atoms with Crippen molar-refractivity contribution in [2.24, 2.45) is 0 Å². The first kappa shape index (κ1) is 22.1. The summed E-state index contributed by atoms with van der Waals surface area (Å²) in [6, 6.07) is 12.5. The van der Waals surface area contributed by atoms with Gasteiger partial charge in [0.1, 0.15) is 11.4 Å². The zero-order chi connectivity index (χ0) is 23.0. The molecule has 0 atom stereocenters. The Morgan fingerprint density at radius 2 is 1.81 bits per heavy atom. The zero-order valence-electron chi connectivity index (χ0n) is 16.3. The number of nitrogens with two attached hydrogens (primary N) is 2. The van der Waals surface area contributed by atoms with Gasteiger partial charge >= 0.3 is 0 Å². The highest BCUT2D eigenvalue weighted by molar-refractivity contribution is 6.38. The lowest BCUT2D eigenvalue weighted by molar-refractivity contribution is 0.0946. The number of nitrogens with one attached hydrogen (secondary N) is 2. The molecular weight excluding hydrogens is 478 g/mol. The summed E-state index contributed by atoms with van der Waals surface area (Å²) < 4.78 is 20.7. The van der Waals surface area contributed by atoms with E-state index in [0.717, 1.165) is 0 Å². The van der Waals surface area contributed by atoms with Crippen molar-refractivity contribution >= 4 is 63.0 Å². The SMILES string of the molecule is Nc1cc(Cl)cc(Oc2c(Cl)ccc(CNC(=O)c3[nH]c4ccc(N)cc4c3Cl)c2F)c1. The van der Waals surface area contributed by atoms with E-state index < -0.39 is 11.7 Å². The third-order valence-electron chi connectivity index (χ3n) is 4.67. The topological polar surface area (TPSA) is 106 Å². The van der Waals surface area contributed by atoms with Crippen LogP contribution in [-0.4, -0.2) is 10.9 Å². The minimum absolute atomic E-state index is 0.0485. The number of hydrogen-bond donors (Lipinski definition) is 4. The van der Waals surface area contributed by atoms with Crippen LogP contribution in [0, 0.1) is 5.82 Å². The number of carbonyl (C=O) groups is 1. The van der Waals surface area contributed by atoms with E-state index in [0.29, 0.717) is 27.3 Å². The Morgan fingerprint density at radius 3 is 2.56 bits per heavy atom. The van der Waals surface area contributed by atoms with Crippen molar-refractivity contribution in [2.45, 2.75) is 6.54 Å². The molecule has 0 radical (unpaired) electrons. The average Bonchev–Trinajstić information content (AvgIpc) is 3.06. The molecule has 0 aliphatic rings. The maximum Gasteiger partial charge on any atom is 0.269 e. The van der Waals surface area contributed by atoms with Gasteiger partial charge in [0.2, 0.25) is 0 Å². The van der Waals surface area contributed by atoms with Crippen LogP contribution in [0.4, 0.5) is 15.8 Å². The van der Waals surface area contributed by atoms with Crippen LogP contribution in [-0.2, 0) is 6.54 Å². The fourth-order valence-corrected chi connectivity index (χ4v) is 3.87. The highest BCUT2D eigenvalue weighted by Crippen LogP contribution is 2.36. The zero-order valence-corrected chi connectivity index (χ0v) is 18.6. The van der Waals surface area contributed by atoms with Crippen LogP contribution >= 0.6 is 34.8 Å². The molecule has 0 saturated heterocycles. The molecule has 0 unspecified atom stereocenters. The first-order valence-electron chi connectivity index (χ1n) is 9.28. The highest BCUT2D eigenvalue weighted by Gasteiger charge is 2.19. The number of amides is 1. The van der Waals surface area contributed by atoms with E-state index in [1.807, 2.05) is 0 Å². The van der Waals surface area contributed by atoms with E-state index in [1.54, 1.807) is 18.2 Å². The predicted molar refractivity (Wildman–Crippen MR) is 126 cm³/mol. The molecule has 6 N–H and O–H groups in total. The number of aromatic amines is 1. The number of ether oxygens (including phenoxy) is 1. The van der Waals surface area contributed by atoms with Crippen LogP contribution in [0.3, 0.4) is 0 Å². The number of hydrogen-bond acceptors (Lipinski definition) is 4. The van der Waals surface area contributed by atoms with Crippen molar-refractivity contribution in [3.63, 3.8) is 0 Å². The second kappa shape index (κ2) is 8.78. The molecule has 1 heterocycles. The summed E-state index contributed by atoms with van der Waals surface area (Å²) in [4.78, 5) is 15.6. The normalized spacial score (nSPS) is 11.0. The molecule has 6 nitrogen and oxygen atoms in total. The van der Waals surface area contributed by atoms with Crippen LogP contribution in [0.25, 0.3) is 10.9 Å². The maximum atomic E-state index is 15.1. The third-order valence-corrected chi connectivity index (χ3v) is 5.58. The van der Waals surface area contributed by atoms with Crippen LogP contribution in [0.5, 0.6) is 11.5 Å². The maximum absolute atomic E-state index is 15.1.